The summed E-state index contributed by atoms with van der Waals surface area (Å²) in [6.45, 7) is 4.58. The van der Waals surface area contributed by atoms with Crippen LogP contribution >= 0.6 is 27.7 Å². The second kappa shape index (κ2) is 17.1. The zero-order chi connectivity index (χ0) is 16.6. The first-order chi connectivity index (χ1) is 10.6. The van der Waals surface area contributed by atoms with E-state index in [-0.39, 0.29) is 0 Å². The maximum absolute atomic E-state index is 3.10. The van der Waals surface area contributed by atoms with Gasteiger partial charge in [-0.2, -0.15) is 0 Å². The third-order valence-electron chi connectivity index (χ3n) is 4.67. The molecule has 0 radical (unpaired) electrons. The highest BCUT2D eigenvalue weighted by atomic mass is 31.0. The molecule has 6 unspecified atom stereocenters. The lowest BCUT2D eigenvalue weighted by Crippen LogP contribution is -2.05. The maximum Gasteiger partial charge on any atom is -0.0264 e. The van der Waals surface area contributed by atoms with Crippen molar-refractivity contribution >= 4 is 27.7 Å². The van der Waals surface area contributed by atoms with Crippen LogP contribution in [0.4, 0.5) is 0 Å². The molecule has 0 saturated carbocycles. The van der Waals surface area contributed by atoms with Crippen LogP contribution < -0.4 is 0 Å². The third-order valence-corrected chi connectivity index (χ3v) is 6.67. The standard InChI is InChI=1S/C19H43P3/c1-3-5-7-8-12-18(21)15-16-19(22)14-10-9-13-17(20)11-6-4-2/h17-19H,3-16,20-22H2,1-2H3. The van der Waals surface area contributed by atoms with Crippen molar-refractivity contribution < 1.29 is 0 Å². The SMILES string of the molecule is CCCCCCC(P)CCC(P)CCCCC(P)CCCC. The summed E-state index contributed by atoms with van der Waals surface area (Å²) in [5.41, 5.74) is 2.56. The van der Waals surface area contributed by atoms with Crippen LogP contribution in [0.15, 0.2) is 0 Å². The van der Waals surface area contributed by atoms with E-state index in [2.05, 4.69) is 41.6 Å². The number of hydrogen-bond acceptors (Lipinski definition) is 0. The van der Waals surface area contributed by atoms with Gasteiger partial charge in [-0.15, -0.1) is 27.7 Å². The first-order valence-electron chi connectivity index (χ1n) is 9.86. The van der Waals surface area contributed by atoms with Gasteiger partial charge in [0.05, 0.1) is 0 Å². The van der Waals surface area contributed by atoms with E-state index in [9.17, 15) is 0 Å². The Labute approximate surface area is 148 Å². The Balaban J connectivity index is 3.43. The molecule has 0 aliphatic carbocycles. The highest BCUT2D eigenvalue weighted by molar-refractivity contribution is 7.18. The van der Waals surface area contributed by atoms with Crippen LogP contribution in [-0.2, 0) is 0 Å². The lowest BCUT2D eigenvalue weighted by molar-refractivity contribution is 0.544. The van der Waals surface area contributed by atoms with E-state index in [0.29, 0.717) is 0 Å². The molecule has 0 nitrogen and oxygen atoms in total. The second-order valence-corrected chi connectivity index (χ2v) is 9.96. The van der Waals surface area contributed by atoms with E-state index in [1.165, 1.54) is 89.9 Å². The van der Waals surface area contributed by atoms with Crippen molar-refractivity contribution in [2.75, 3.05) is 0 Å². The van der Waals surface area contributed by atoms with E-state index in [1.807, 2.05) is 0 Å². The van der Waals surface area contributed by atoms with Crippen LogP contribution in [0.25, 0.3) is 0 Å². The molecule has 0 aromatic carbocycles. The van der Waals surface area contributed by atoms with E-state index >= 15 is 0 Å². The van der Waals surface area contributed by atoms with Crippen molar-refractivity contribution in [1.82, 2.24) is 0 Å². The molecule has 0 fully saturated rings. The highest BCUT2D eigenvalue weighted by Crippen LogP contribution is 2.24. The zero-order valence-corrected chi connectivity index (χ0v) is 18.8. The number of hydrogen-bond donors (Lipinski definition) is 0. The molecular formula is C19H43P3. The lowest BCUT2D eigenvalue weighted by atomic mass is 10.0. The summed E-state index contributed by atoms with van der Waals surface area (Å²) in [5, 5.41) is 0. The van der Waals surface area contributed by atoms with Crippen LogP contribution in [0, 0.1) is 0 Å². The van der Waals surface area contributed by atoms with Crippen LogP contribution in [-0.4, -0.2) is 17.0 Å². The van der Waals surface area contributed by atoms with Crippen molar-refractivity contribution in [3.05, 3.63) is 0 Å². The van der Waals surface area contributed by atoms with Crippen LogP contribution in [0.1, 0.15) is 104 Å². The lowest BCUT2D eigenvalue weighted by Gasteiger charge is -2.16. The molecule has 0 rings (SSSR count). The fraction of sp³-hybridized carbons (Fsp3) is 1.00. The van der Waals surface area contributed by atoms with E-state index < -0.39 is 0 Å². The van der Waals surface area contributed by atoms with Crippen molar-refractivity contribution in [3.63, 3.8) is 0 Å². The Morgan fingerprint density at radius 2 is 0.818 bits per heavy atom. The predicted molar refractivity (Wildman–Crippen MR) is 116 cm³/mol. The van der Waals surface area contributed by atoms with Gasteiger partial charge in [-0.05, 0) is 55.5 Å². The van der Waals surface area contributed by atoms with E-state index in [0.717, 1.165) is 17.0 Å². The zero-order valence-electron chi connectivity index (χ0n) is 15.4. The van der Waals surface area contributed by atoms with Crippen molar-refractivity contribution in [2.24, 2.45) is 0 Å². The average Bonchev–Trinajstić information content (AvgIpc) is 2.51. The topological polar surface area (TPSA) is 0 Å². The first kappa shape index (κ1) is 23.3. The Morgan fingerprint density at radius 3 is 1.27 bits per heavy atom. The number of unbranched alkanes of at least 4 members (excludes halogenated alkanes) is 5. The molecule has 0 heterocycles. The van der Waals surface area contributed by atoms with Gasteiger partial charge in [0, 0.05) is 0 Å². The summed E-state index contributed by atoms with van der Waals surface area (Å²) >= 11 is 0. The molecule has 0 aliphatic rings. The monoisotopic (exact) mass is 364 g/mol. The molecule has 0 bridgehead atoms. The van der Waals surface area contributed by atoms with Crippen molar-refractivity contribution in [2.45, 2.75) is 121 Å². The molecule has 0 N–H and O–H groups in total. The first-order valence-corrected chi connectivity index (χ1v) is 11.9. The van der Waals surface area contributed by atoms with E-state index in [4.69, 9.17) is 0 Å². The number of rotatable bonds is 16. The minimum Gasteiger partial charge on any atom is -0.134 e. The molecule has 0 aromatic rings. The van der Waals surface area contributed by atoms with Crippen molar-refractivity contribution in [3.8, 4) is 0 Å². The molecule has 0 aromatic heterocycles. The fourth-order valence-corrected chi connectivity index (χ4v) is 4.30. The summed E-state index contributed by atoms with van der Waals surface area (Å²) < 4.78 is 0. The fourth-order valence-electron chi connectivity index (χ4n) is 2.97. The molecule has 0 amide bonds. The molecule has 0 saturated heterocycles. The predicted octanol–water partition coefficient (Wildman–Crippen LogP) is 7.22. The second-order valence-electron chi connectivity index (χ2n) is 7.13. The van der Waals surface area contributed by atoms with Crippen LogP contribution in [0.3, 0.4) is 0 Å². The van der Waals surface area contributed by atoms with Gasteiger partial charge >= 0.3 is 0 Å². The van der Waals surface area contributed by atoms with Gasteiger partial charge in [-0.25, -0.2) is 0 Å². The molecule has 0 spiro atoms. The maximum atomic E-state index is 3.10. The minimum absolute atomic E-state index is 0.845. The van der Waals surface area contributed by atoms with Gasteiger partial charge in [-0.1, -0.05) is 65.2 Å². The van der Waals surface area contributed by atoms with Crippen LogP contribution in [0.5, 0.6) is 0 Å². The average molecular weight is 364 g/mol. The normalized spacial score (nSPS) is 15.7. The Morgan fingerprint density at radius 1 is 0.455 bits per heavy atom. The minimum atomic E-state index is 0.845. The molecule has 22 heavy (non-hydrogen) atoms. The Bertz CT molecular complexity index is 221. The summed E-state index contributed by atoms with van der Waals surface area (Å²) in [5.74, 6) is 0. The van der Waals surface area contributed by atoms with Gasteiger partial charge in [-0.3, -0.25) is 0 Å². The largest absolute Gasteiger partial charge is 0.134 e. The molecular weight excluding hydrogens is 321 g/mol. The van der Waals surface area contributed by atoms with Gasteiger partial charge in [0.1, 0.15) is 0 Å². The van der Waals surface area contributed by atoms with Crippen molar-refractivity contribution in [1.29, 1.82) is 0 Å². The third kappa shape index (κ3) is 16.2. The van der Waals surface area contributed by atoms with Crippen LogP contribution in [0.2, 0.25) is 0 Å². The van der Waals surface area contributed by atoms with E-state index in [1.54, 1.807) is 0 Å². The Hall–Kier alpha value is 1.29. The highest BCUT2D eigenvalue weighted by Gasteiger charge is 2.08. The van der Waals surface area contributed by atoms with Gasteiger partial charge in [0.25, 0.3) is 0 Å². The summed E-state index contributed by atoms with van der Waals surface area (Å²) in [6.07, 6.45) is 19.6. The Kier molecular flexibility index (Phi) is 18.1. The summed E-state index contributed by atoms with van der Waals surface area (Å²) in [4.78, 5) is 0. The summed E-state index contributed by atoms with van der Waals surface area (Å²) in [6, 6.07) is 0. The van der Waals surface area contributed by atoms with Gasteiger partial charge < -0.3 is 0 Å². The molecule has 0 aliphatic heterocycles. The summed E-state index contributed by atoms with van der Waals surface area (Å²) in [7, 11) is 9.24. The van der Waals surface area contributed by atoms with Gasteiger partial charge in [0.2, 0.25) is 0 Å². The molecule has 6 atom stereocenters. The van der Waals surface area contributed by atoms with Gasteiger partial charge in [0.15, 0.2) is 0 Å². The smallest absolute Gasteiger partial charge is 0.0264 e. The molecule has 3 heteroatoms. The molecule has 134 valence electrons. The quantitative estimate of drug-likeness (QED) is 0.200.